The van der Waals surface area contributed by atoms with E-state index >= 15 is 0 Å². The highest BCUT2D eigenvalue weighted by molar-refractivity contribution is 7.16. The van der Waals surface area contributed by atoms with Crippen LogP contribution in [0.25, 0.3) is 10.2 Å². The number of nitrogens with one attached hydrogen (secondary N) is 1. The van der Waals surface area contributed by atoms with Gasteiger partial charge in [0.1, 0.15) is 17.0 Å². The molecule has 0 saturated heterocycles. The standard InChI is InChI=1S/C10H10N4S/c1-7(2-4-11)14-9-8-3-5-15-10(8)13-6-12-9/h3,5-7H,2H2,1H3,(H,12,13,14). The van der Waals surface area contributed by atoms with Gasteiger partial charge in [0.2, 0.25) is 0 Å². The second kappa shape index (κ2) is 4.24. The molecule has 0 aliphatic rings. The molecule has 0 aliphatic heterocycles. The summed E-state index contributed by atoms with van der Waals surface area (Å²) in [6, 6.07) is 4.22. The first-order valence-electron chi connectivity index (χ1n) is 4.63. The Hall–Kier alpha value is -1.67. The van der Waals surface area contributed by atoms with Crippen molar-refractivity contribution in [2.45, 2.75) is 19.4 Å². The lowest BCUT2D eigenvalue weighted by atomic mass is 10.2. The van der Waals surface area contributed by atoms with E-state index in [1.165, 1.54) is 0 Å². The van der Waals surface area contributed by atoms with Crippen molar-refractivity contribution in [3.63, 3.8) is 0 Å². The summed E-state index contributed by atoms with van der Waals surface area (Å²) in [6.45, 7) is 1.96. The molecule has 0 saturated carbocycles. The number of rotatable bonds is 3. The Morgan fingerprint density at radius 2 is 2.47 bits per heavy atom. The van der Waals surface area contributed by atoms with Crippen molar-refractivity contribution < 1.29 is 0 Å². The molecule has 0 aromatic carbocycles. The van der Waals surface area contributed by atoms with E-state index in [1.807, 2.05) is 18.4 Å². The van der Waals surface area contributed by atoms with Gasteiger partial charge in [0.25, 0.3) is 0 Å². The summed E-state index contributed by atoms with van der Waals surface area (Å²) in [5, 5.41) is 14.8. The number of anilines is 1. The predicted octanol–water partition coefficient (Wildman–Crippen LogP) is 2.41. The van der Waals surface area contributed by atoms with Crippen LogP contribution in [0.4, 0.5) is 5.82 Å². The normalized spacial score (nSPS) is 12.3. The molecule has 1 unspecified atom stereocenters. The van der Waals surface area contributed by atoms with Crippen molar-refractivity contribution in [1.29, 1.82) is 5.26 Å². The zero-order chi connectivity index (χ0) is 10.7. The fourth-order valence-electron chi connectivity index (χ4n) is 1.33. The van der Waals surface area contributed by atoms with Gasteiger partial charge in [-0.15, -0.1) is 11.3 Å². The van der Waals surface area contributed by atoms with Gasteiger partial charge in [-0.1, -0.05) is 0 Å². The van der Waals surface area contributed by atoms with E-state index in [0.29, 0.717) is 6.42 Å². The molecule has 0 aliphatic carbocycles. The lowest BCUT2D eigenvalue weighted by Gasteiger charge is -2.10. The summed E-state index contributed by atoms with van der Waals surface area (Å²) >= 11 is 1.59. The second-order valence-corrected chi connectivity index (χ2v) is 4.16. The Bertz CT molecular complexity index is 499. The highest BCUT2D eigenvalue weighted by Gasteiger charge is 2.07. The molecule has 5 heteroatoms. The number of hydrogen-bond donors (Lipinski definition) is 1. The maximum Gasteiger partial charge on any atom is 0.138 e. The van der Waals surface area contributed by atoms with E-state index in [0.717, 1.165) is 16.0 Å². The van der Waals surface area contributed by atoms with Crippen molar-refractivity contribution in [2.75, 3.05) is 5.32 Å². The Balaban J connectivity index is 2.28. The minimum Gasteiger partial charge on any atom is -0.366 e. The second-order valence-electron chi connectivity index (χ2n) is 3.27. The van der Waals surface area contributed by atoms with Gasteiger partial charge in [0, 0.05) is 6.04 Å². The molecule has 0 fully saturated rings. The molecule has 0 spiro atoms. The first kappa shape index (κ1) is 9.87. The smallest absolute Gasteiger partial charge is 0.138 e. The number of thiophene rings is 1. The first-order valence-corrected chi connectivity index (χ1v) is 5.51. The Kier molecular flexibility index (Phi) is 2.79. The van der Waals surface area contributed by atoms with Crippen LogP contribution in [-0.4, -0.2) is 16.0 Å². The van der Waals surface area contributed by atoms with Gasteiger partial charge in [0.05, 0.1) is 17.9 Å². The zero-order valence-electron chi connectivity index (χ0n) is 8.27. The molecule has 0 radical (unpaired) electrons. The molecule has 76 valence electrons. The minimum atomic E-state index is 0.105. The van der Waals surface area contributed by atoms with Gasteiger partial charge in [-0.05, 0) is 18.4 Å². The van der Waals surface area contributed by atoms with E-state index in [9.17, 15) is 0 Å². The molecule has 0 amide bonds. The molecule has 2 heterocycles. The van der Waals surface area contributed by atoms with Crippen LogP contribution < -0.4 is 5.32 Å². The summed E-state index contributed by atoms with van der Waals surface area (Å²) < 4.78 is 0. The van der Waals surface area contributed by atoms with Crippen molar-refractivity contribution in [1.82, 2.24) is 9.97 Å². The molecule has 1 N–H and O–H groups in total. The van der Waals surface area contributed by atoms with Crippen LogP contribution in [0.3, 0.4) is 0 Å². The van der Waals surface area contributed by atoms with E-state index in [4.69, 9.17) is 5.26 Å². The van der Waals surface area contributed by atoms with Gasteiger partial charge in [-0.25, -0.2) is 9.97 Å². The van der Waals surface area contributed by atoms with Crippen molar-refractivity contribution in [2.24, 2.45) is 0 Å². The van der Waals surface area contributed by atoms with Gasteiger partial charge < -0.3 is 5.32 Å². The van der Waals surface area contributed by atoms with Gasteiger partial charge in [0.15, 0.2) is 0 Å². The highest BCUT2D eigenvalue weighted by Crippen LogP contribution is 2.24. The SMILES string of the molecule is CC(CC#N)Nc1ncnc2sccc12. The summed E-state index contributed by atoms with van der Waals surface area (Å²) in [5.74, 6) is 0.809. The number of nitrogens with zero attached hydrogens (tertiary/aromatic N) is 3. The van der Waals surface area contributed by atoms with Crippen LogP contribution >= 0.6 is 11.3 Å². The molecule has 1 atom stereocenters. The Labute approximate surface area is 91.6 Å². The van der Waals surface area contributed by atoms with Crippen LogP contribution in [0.2, 0.25) is 0 Å². The Morgan fingerprint density at radius 3 is 3.27 bits per heavy atom. The fourth-order valence-corrected chi connectivity index (χ4v) is 2.06. The third-order valence-corrected chi connectivity index (χ3v) is 2.86. The van der Waals surface area contributed by atoms with Crippen LogP contribution in [0.15, 0.2) is 17.8 Å². The van der Waals surface area contributed by atoms with Gasteiger partial charge >= 0.3 is 0 Å². The van der Waals surface area contributed by atoms with E-state index in [-0.39, 0.29) is 6.04 Å². The van der Waals surface area contributed by atoms with Gasteiger partial charge in [-0.2, -0.15) is 5.26 Å². The van der Waals surface area contributed by atoms with E-state index in [2.05, 4.69) is 21.4 Å². The molecule has 0 bridgehead atoms. The van der Waals surface area contributed by atoms with E-state index in [1.54, 1.807) is 17.7 Å². The lowest BCUT2D eigenvalue weighted by Crippen LogP contribution is -2.15. The van der Waals surface area contributed by atoms with Gasteiger partial charge in [-0.3, -0.25) is 0 Å². The largest absolute Gasteiger partial charge is 0.366 e. The fraction of sp³-hybridized carbons (Fsp3) is 0.300. The van der Waals surface area contributed by atoms with E-state index < -0.39 is 0 Å². The monoisotopic (exact) mass is 218 g/mol. The molecule has 2 aromatic heterocycles. The number of hydrogen-bond acceptors (Lipinski definition) is 5. The van der Waals surface area contributed by atoms with Crippen LogP contribution in [0.5, 0.6) is 0 Å². The maximum absolute atomic E-state index is 8.57. The highest BCUT2D eigenvalue weighted by atomic mass is 32.1. The predicted molar refractivity (Wildman–Crippen MR) is 60.7 cm³/mol. The van der Waals surface area contributed by atoms with Crippen LogP contribution in [0, 0.1) is 11.3 Å². The summed E-state index contributed by atoms with van der Waals surface area (Å²) in [7, 11) is 0. The summed E-state index contributed by atoms with van der Waals surface area (Å²) in [6.07, 6.45) is 2.01. The third kappa shape index (κ3) is 2.05. The Morgan fingerprint density at radius 1 is 1.60 bits per heavy atom. The molecular weight excluding hydrogens is 208 g/mol. The number of aromatic nitrogens is 2. The molecule has 4 nitrogen and oxygen atoms in total. The number of nitriles is 1. The molecular formula is C10H10N4S. The minimum absolute atomic E-state index is 0.105. The van der Waals surface area contributed by atoms with Crippen LogP contribution in [-0.2, 0) is 0 Å². The summed E-state index contributed by atoms with van der Waals surface area (Å²) in [4.78, 5) is 9.30. The van der Waals surface area contributed by atoms with Crippen molar-refractivity contribution in [3.8, 4) is 6.07 Å². The lowest BCUT2D eigenvalue weighted by molar-refractivity contribution is 0.815. The third-order valence-electron chi connectivity index (χ3n) is 2.04. The average molecular weight is 218 g/mol. The molecule has 2 rings (SSSR count). The van der Waals surface area contributed by atoms with Crippen LogP contribution in [0.1, 0.15) is 13.3 Å². The molecule has 2 aromatic rings. The topological polar surface area (TPSA) is 61.6 Å². The molecule has 15 heavy (non-hydrogen) atoms. The number of fused-ring (bicyclic) bond motifs is 1. The maximum atomic E-state index is 8.57. The van der Waals surface area contributed by atoms with Crippen molar-refractivity contribution >= 4 is 27.4 Å². The summed E-state index contributed by atoms with van der Waals surface area (Å²) in [5.41, 5.74) is 0. The zero-order valence-corrected chi connectivity index (χ0v) is 9.08. The van der Waals surface area contributed by atoms with Crippen molar-refractivity contribution in [3.05, 3.63) is 17.8 Å². The first-order chi connectivity index (χ1) is 7.31. The quantitative estimate of drug-likeness (QED) is 0.859. The average Bonchev–Trinajstić information content (AvgIpc) is 2.67.